The van der Waals surface area contributed by atoms with Gasteiger partial charge in [0.1, 0.15) is 11.4 Å². The molecule has 0 saturated heterocycles. The van der Waals surface area contributed by atoms with Gasteiger partial charge in [-0.15, -0.1) is 0 Å². The highest BCUT2D eigenvalue weighted by molar-refractivity contribution is 5.98. The maximum Gasteiger partial charge on any atom is 0.332 e. The quantitative estimate of drug-likeness (QED) is 0.450. The minimum Gasteiger partial charge on any atom is -0.481 e. The lowest BCUT2D eigenvalue weighted by Gasteiger charge is -2.15. The van der Waals surface area contributed by atoms with Crippen molar-refractivity contribution in [2.75, 3.05) is 0 Å². The number of nitrogens with one attached hydrogen (secondary N) is 2. The first-order chi connectivity index (χ1) is 15.8. The van der Waals surface area contributed by atoms with Gasteiger partial charge >= 0.3 is 5.69 Å². The lowest BCUT2D eigenvalue weighted by molar-refractivity contribution is -0.128. The van der Waals surface area contributed by atoms with Crippen molar-refractivity contribution in [2.45, 2.75) is 13.0 Å². The maximum absolute atomic E-state index is 12.5. The first-order valence-corrected chi connectivity index (χ1v) is 10.1. The normalized spacial score (nSPS) is 11.8. The topological polar surface area (TPSA) is 124 Å². The Morgan fingerprint density at radius 2 is 1.70 bits per heavy atom. The number of nitrogens with zero attached hydrogens (tertiary/aromatic N) is 3. The van der Waals surface area contributed by atoms with Crippen LogP contribution in [0.5, 0.6) is 5.75 Å². The Hall–Kier alpha value is -4.47. The number of aryl methyl sites for hydroxylation is 1. The fourth-order valence-corrected chi connectivity index (χ4v) is 3.38. The van der Waals surface area contributed by atoms with Crippen LogP contribution < -0.4 is 26.8 Å². The van der Waals surface area contributed by atoms with Gasteiger partial charge in [0.05, 0.1) is 10.9 Å². The summed E-state index contributed by atoms with van der Waals surface area (Å²) in [6, 6.07) is 14.6. The third-order valence-corrected chi connectivity index (χ3v) is 5.26. The minimum atomic E-state index is -0.886. The van der Waals surface area contributed by atoms with Crippen molar-refractivity contribution >= 4 is 33.6 Å². The summed E-state index contributed by atoms with van der Waals surface area (Å²) in [6.45, 7) is 1.55. The summed E-state index contributed by atoms with van der Waals surface area (Å²) in [5, 5.41) is 2.13. The molecule has 4 aromatic rings. The van der Waals surface area contributed by atoms with Crippen molar-refractivity contribution in [3.8, 4) is 5.75 Å². The third kappa shape index (κ3) is 4.18. The van der Waals surface area contributed by atoms with E-state index < -0.39 is 29.2 Å². The summed E-state index contributed by atoms with van der Waals surface area (Å²) < 4.78 is 7.83. The van der Waals surface area contributed by atoms with E-state index in [0.717, 1.165) is 15.3 Å². The number of carbonyl (C=O) groups is 2. The fourth-order valence-electron chi connectivity index (χ4n) is 3.38. The Morgan fingerprint density at radius 3 is 2.45 bits per heavy atom. The van der Waals surface area contributed by atoms with E-state index in [1.54, 1.807) is 13.0 Å². The van der Waals surface area contributed by atoms with Gasteiger partial charge < -0.3 is 4.74 Å². The van der Waals surface area contributed by atoms with Gasteiger partial charge in [0.15, 0.2) is 6.10 Å². The number of benzene rings is 2. The van der Waals surface area contributed by atoms with E-state index in [1.807, 2.05) is 36.4 Å². The lowest BCUT2D eigenvalue weighted by atomic mass is 10.1. The molecule has 0 saturated carbocycles. The van der Waals surface area contributed by atoms with Crippen molar-refractivity contribution in [3.63, 3.8) is 0 Å². The van der Waals surface area contributed by atoms with E-state index in [9.17, 15) is 19.2 Å². The summed E-state index contributed by atoms with van der Waals surface area (Å²) in [4.78, 5) is 53.3. The number of rotatable bonds is 4. The highest BCUT2D eigenvalue weighted by Gasteiger charge is 2.18. The van der Waals surface area contributed by atoms with Gasteiger partial charge in [0.2, 0.25) is 0 Å². The minimum absolute atomic E-state index is 0.0432. The Labute approximate surface area is 187 Å². The molecule has 1 unspecified atom stereocenters. The molecule has 0 radical (unpaired) electrons. The number of pyridine rings is 1. The summed E-state index contributed by atoms with van der Waals surface area (Å²) in [5.41, 5.74) is 3.69. The largest absolute Gasteiger partial charge is 0.481 e. The molecule has 2 amide bonds. The average Bonchev–Trinajstić information content (AvgIpc) is 2.83. The predicted octanol–water partition coefficient (Wildman–Crippen LogP) is 1.01. The fraction of sp³-hybridized carbons (Fsp3) is 0.174. The van der Waals surface area contributed by atoms with Crippen molar-refractivity contribution in [1.82, 2.24) is 25.0 Å². The third-order valence-electron chi connectivity index (χ3n) is 5.26. The molecule has 0 aliphatic rings. The van der Waals surface area contributed by atoms with Crippen LogP contribution >= 0.6 is 0 Å². The first kappa shape index (κ1) is 21.8. The van der Waals surface area contributed by atoms with Gasteiger partial charge in [0.25, 0.3) is 17.4 Å². The smallest absolute Gasteiger partial charge is 0.332 e. The number of hydrogen-bond acceptors (Lipinski definition) is 6. The van der Waals surface area contributed by atoms with Crippen LogP contribution in [0.3, 0.4) is 0 Å². The molecule has 2 heterocycles. The molecule has 0 bridgehead atoms. The molecule has 10 nitrogen and oxygen atoms in total. The van der Waals surface area contributed by atoms with E-state index in [-0.39, 0.29) is 16.6 Å². The zero-order valence-corrected chi connectivity index (χ0v) is 18.2. The number of carbonyl (C=O) groups excluding carboxylic acids is 2. The highest BCUT2D eigenvalue weighted by Crippen LogP contribution is 2.21. The van der Waals surface area contributed by atoms with E-state index in [1.165, 1.54) is 30.9 Å². The van der Waals surface area contributed by atoms with Gasteiger partial charge in [-0.1, -0.05) is 30.3 Å². The Morgan fingerprint density at radius 1 is 0.970 bits per heavy atom. The Balaban J connectivity index is 1.44. The molecular weight excluding hydrogens is 426 g/mol. The molecule has 0 spiro atoms. The van der Waals surface area contributed by atoms with Gasteiger partial charge in [0, 0.05) is 20.3 Å². The molecule has 168 valence electrons. The van der Waals surface area contributed by atoms with Crippen LogP contribution in [0, 0.1) is 0 Å². The molecule has 10 heteroatoms. The zero-order valence-electron chi connectivity index (χ0n) is 18.2. The zero-order chi connectivity index (χ0) is 23.7. The van der Waals surface area contributed by atoms with Gasteiger partial charge in [-0.3, -0.25) is 34.4 Å². The molecule has 4 rings (SSSR count). The van der Waals surface area contributed by atoms with E-state index in [4.69, 9.17) is 4.74 Å². The Kier molecular flexibility index (Phi) is 5.65. The maximum atomic E-state index is 12.5. The van der Waals surface area contributed by atoms with Crippen LogP contribution in [0.1, 0.15) is 17.3 Å². The van der Waals surface area contributed by atoms with E-state index in [0.29, 0.717) is 5.75 Å². The van der Waals surface area contributed by atoms with Gasteiger partial charge in [-0.25, -0.2) is 9.78 Å². The van der Waals surface area contributed by atoms with Crippen molar-refractivity contribution < 1.29 is 14.3 Å². The number of ether oxygens (including phenoxy) is 1. The number of aromatic nitrogens is 3. The molecule has 2 N–H and O–H groups in total. The standard InChI is InChI=1S/C23H21N5O5/c1-13(33-17-9-8-14-6-4-5-7-15(14)10-17)20(29)25-26-21(30)16-11-18-19(24-12-16)27(2)23(32)28(3)22(18)31/h4-13H,1-3H3,(H,25,29)(H,26,30). The molecule has 1 atom stereocenters. The molecular formula is C23H21N5O5. The molecule has 33 heavy (non-hydrogen) atoms. The second kappa shape index (κ2) is 8.58. The van der Waals surface area contributed by atoms with Crippen LogP contribution in [0.4, 0.5) is 0 Å². The summed E-state index contributed by atoms with van der Waals surface area (Å²) >= 11 is 0. The SMILES string of the molecule is CC(Oc1ccc2ccccc2c1)C(=O)NNC(=O)c1cnc2c(c1)c(=O)n(C)c(=O)n2C. The average molecular weight is 447 g/mol. The number of fused-ring (bicyclic) bond motifs is 2. The second-order valence-corrected chi connectivity index (χ2v) is 7.51. The number of hydrazine groups is 1. The van der Waals surface area contributed by atoms with Crippen molar-refractivity contribution in [1.29, 1.82) is 0 Å². The molecule has 0 aliphatic carbocycles. The van der Waals surface area contributed by atoms with Crippen LogP contribution in [0.25, 0.3) is 21.8 Å². The Bertz CT molecular complexity index is 1520. The van der Waals surface area contributed by atoms with Crippen LogP contribution in [-0.4, -0.2) is 32.0 Å². The monoisotopic (exact) mass is 447 g/mol. The lowest BCUT2D eigenvalue weighted by Crippen LogP contribution is -2.47. The first-order valence-electron chi connectivity index (χ1n) is 10.1. The van der Waals surface area contributed by atoms with Crippen molar-refractivity contribution in [3.05, 3.63) is 81.1 Å². The molecule has 2 aromatic heterocycles. The van der Waals surface area contributed by atoms with E-state index in [2.05, 4.69) is 15.8 Å². The van der Waals surface area contributed by atoms with E-state index >= 15 is 0 Å². The second-order valence-electron chi connectivity index (χ2n) is 7.51. The van der Waals surface area contributed by atoms with Gasteiger partial charge in [-0.2, -0.15) is 0 Å². The number of amides is 2. The van der Waals surface area contributed by atoms with Crippen LogP contribution in [0.2, 0.25) is 0 Å². The van der Waals surface area contributed by atoms with Crippen molar-refractivity contribution in [2.24, 2.45) is 14.1 Å². The summed E-state index contributed by atoms with van der Waals surface area (Å²) in [7, 11) is 2.82. The predicted molar refractivity (Wildman–Crippen MR) is 122 cm³/mol. The summed E-state index contributed by atoms with van der Waals surface area (Å²) in [5.74, 6) is -0.724. The number of hydrogen-bond donors (Lipinski definition) is 2. The van der Waals surface area contributed by atoms with Gasteiger partial charge in [-0.05, 0) is 35.9 Å². The summed E-state index contributed by atoms with van der Waals surface area (Å²) in [6.07, 6.45) is 0.334. The van der Waals surface area contributed by atoms with Crippen LogP contribution in [-0.2, 0) is 18.9 Å². The highest BCUT2D eigenvalue weighted by atomic mass is 16.5. The van der Waals surface area contributed by atoms with Crippen LogP contribution in [0.15, 0.2) is 64.3 Å². The molecule has 2 aromatic carbocycles. The molecule has 0 aliphatic heterocycles. The molecule has 0 fully saturated rings.